The Morgan fingerprint density at radius 1 is 1.35 bits per heavy atom. The normalized spacial score (nSPS) is 11.1. The zero-order chi connectivity index (χ0) is 13.9. The zero-order valence-corrected chi connectivity index (χ0v) is 12.6. The molecule has 20 heavy (non-hydrogen) atoms. The smallest absolute Gasteiger partial charge is 0.272 e. The third kappa shape index (κ3) is 2.48. The lowest BCUT2D eigenvalue weighted by Gasteiger charge is -2.09. The average molecular weight is 303 g/mol. The van der Waals surface area contributed by atoms with Crippen LogP contribution in [0.5, 0.6) is 0 Å². The molecule has 6 heteroatoms. The van der Waals surface area contributed by atoms with Crippen molar-refractivity contribution in [2.75, 3.05) is 0 Å². The van der Waals surface area contributed by atoms with Gasteiger partial charge in [0.2, 0.25) is 0 Å². The number of fused-ring (bicyclic) bond motifs is 1. The van der Waals surface area contributed by atoms with Gasteiger partial charge in [-0.15, -0.1) is 11.3 Å². The Labute approximate surface area is 124 Å². The van der Waals surface area contributed by atoms with Crippen molar-refractivity contribution in [1.29, 1.82) is 0 Å². The van der Waals surface area contributed by atoms with Crippen molar-refractivity contribution in [3.63, 3.8) is 0 Å². The molecule has 4 nitrogen and oxygen atoms in total. The molecule has 3 aromatic heterocycles. The average Bonchev–Trinajstić information content (AvgIpc) is 2.95. The molecular weight excluding hydrogens is 290 g/mol. The molecule has 0 saturated carbocycles. The molecule has 3 aromatic rings. The van der Waals surface area contributed by atoms with Crippen molar-refractivity contribution in [2.45, 2.75) is 24.4 Å². The van der Waals surface area contributed by atoms with Crippen LogP contribution in [0.1, 0.15) is 12.6 Å². The van der Waals surface area contributed by atoms with Crippen molar-refractivity contribution in [2.24, 2.45) is 0 Å². The Bertz CT molecular complexity index is 780. The number of rotatable bonds is 4. The van der Waals surface area contributed by atoms with Gasteiger partial charge in [-0.1, -0.05) is 17.8 Å². The highest BCUT2D eigenvalue weighted by Crippen LogP contribution is 2.23. The zero-order valence-electron chi connectivity index (χ0n) is 10.9. The molecule has 0 atom stereocenters. The number of aromatic nitrogens is 3. The summed E-state index contributed by atoms with van der Waals surface area (Å²) >= 11 is 3.00. The lowest BCUT2D eigenvalue weighted by atomic mass is 10.4. The minimum atomic E-state index is 0.0519. The lowest BCUT2D eigenvalue weighted by Crippen LogP contribution is -2.21. The second kappa shape index (κ2) is 5.76. The first kappa shape index (κ1) is 13.3. The molecule has 0 aliphatic carbocycles. The molecule has 0 saturated heterocycles. The van der Waals surface area contributed by atoms with Crippen molar-refractivity contribution >= 4 is 33.3 Å². The third-order valence-corrected chi connectivity index (χ3v) is 4.82. The molecule has 3 heterocycles. The van der Waals surface area contributed by atoms with Crippen molar-refractivity contribution in [1.82, 2.24) is 14.5 Å². The maximum absolute atomic E-state index is 12.4. The van der Waals surface area contributed by atoms with Crippen molar-refractivity contribution < 1.29 is 0 Å². The summed E-state index contributed by atoms with van der Waals surface area (Å²) in [4.78, 5) is 21.2. The van der Waals surface area contributed by atoms with Crippen LogP contribution in [-0.4, -0.2) is 14.5 Å². The summed E-state index contributed by atoms with van der Waals surface area (Å²) in [5.41, 5.74) is 1.82. The molecular formula is C14H13N3OS2. The van der Waals surface area contributed by atoms with Crippen LogP contribution in [0.4, 0.5) is 0 Å². The summed E-state index contributed by atoms with van der Waals surface area (Å²) in [6.45, 7) is 2.59. The second-order valence-electron chi connectivity index (χ2n) is 4.19. The van der Waals surface area contributed by atoms with Crippen LogP contribution < -0.4 is 5.56 Å². The van der Waals surface area contributed by atoms with Crippen molar-refractivity contribution in [3.8, 4) is 0 Å². The molecule has 0 fully saturated rings. The topological polar surface area (TPSA) is 47.8 Å². The fourth-order valence-electron chi connectivity index (χ4n) is 1.93. The molecule has 0 spiro atoms. The summed E-state index contributed by atoms with van der Waals surface area (Å²) in [6, 6.07) is 7.73. The molecule has 0 amide bonds. The van der Waals surface area contributed by atoms with Crippen LogP contribution in [0.25, 0.3) is 10.2 Å². The predicted molar refractivity (Wildman–Crippen MR) is 83.4 cm³/mol. The van der Waals surface area contributed by atoms with E-state index in [0.29, 0.717) is 12.3 Å². The fourth-order valence-corrected chi connectivity index (χ4v) is 3.69. The summed E-state index contributed by atoms with van der Waals surface area (Å²) < 4.78 is 2.46. The molecule has 0 bridgehead atoms. The third-order valence-electron chi connectivity index (χ3n) is 2.92. The summed E-state index contributed by atoms with van der Waals surface area (Å²) in [7, 11) is 0. The maximum Gasteiger partial charge on any atom is 0.272 e. The number of thiophene rings is 1. The van der Waals surface area contributed by atoms with E-state index in [9.17, 15) is 4.79 Å². The molecule has 0 aromatic carbocycles. The van der Waals surface area contributed by atoms with Crippen LogP contribution in [-0.2, 0) is 12.3 Å². The van der Waals surface area contributed by atoms with Gasteiger partial charge in [0.05, 0.1) is 11.2 Å². The van der Waals surface area contributed by atoms with Gasteiger partial charge >= 0.3 is 0 Å². The molecule has 0 aliphatic rings. The van der Waals surface area contributed by atoms with Crippen LogP contribution >= 0.6 is 23.1 Å². The summed E-state index contributed by atoms with van der Waals surface area (Å²) in [5.74, 6) is 0.711. The van der Waals surface area contributed by atoms with Gasteiger partial charge in [0, 0.05) is 18.5 Å². The second-order valence-corrected chi connectivity index (χ2v) is 6.05. The summed E-state index contributed by atoms with van der Waals surface area (Å²) in [5, 5.41) is 2.67. The van der Waals surface area contributed by atoms with E-state index in [4.69, 9.17) is 0 Å². The number of thioether (sulfide) groups is 1. The molecule has 3 rings (SSSR count). The minimum Gasteiger partial charge on any atom is -0.287 e. The Balaban J connectivity index is 1.96. The first-order valence-corrected chi connectivity index (χ1v) is 8.17. The Morgan fingerprint density at radius 2 is 2.25 bits per heavy atom. The first-order valence-electron chi connectivity index (χ1n) is 6.30. The van der Waals surface area contributed by atoms with Gasteiger partial charge in [0.15, 0.2) is 5.16 Å². The van der Waals surface area contributed by atoms with E-state index in [0.717, 1.165) is 21.1 Å². The molecule has 0 unspecified atom stereocenters. The van der Waals surface area contributed by atoms with Gasteiger partial charge in [-0.25, -0.2) is 4.98 Å². The quantitative estimate of drug-likeness (QED) is 0.549. The predicted octanol–water partition coefficient (Wildman–Crippen LogP) is 3.17. The number of nitrogens with zero attached hydrogens (tertiary/aromatic N) is 3. The molecule has 0 radical (unpaired) electrons. The van der Waals surface area contributed by atoms with Crippen LogP contribution in [0, 0.1) is 0 Å². The highest BCUT2D eigenvalue weighted by Gasteiger charge is 2.11. The number of hydrogen-bond acceptors (Lipinski definition) is 5. The fraction of sp³-hybridized carbons (Fsp3) is 0.214. The van der Waals surface area contributed by atoms with E-state index in [1.807, 2.05) is 36.6 Å². The van der Waals surface area contributed by atoms with Gasteiger partial charge in [0.1, 0.15) is 4.70 Å². The first-order chi connectivity index (χ1) is 9.79. The van der Waals surface area contributed by atoms with Gasteiger partial charge in [0.25, 0.3) is 5.56 Å². The monoisotopic (exact) mass is 303 g/mol. The highest BCUT2D eigenvalue weighted by atomic mass is 32.2. The van der Waals surface area contributed by atoms with Crippen LogP contribution in [0.2, 0.25) is 0 Å². The number of hydrogen-bond donors (Lipinski definition) is 0. The van der Waals surface area contributed by atoms with Gasteiger partial charge in [-0.2, -0.15) is 0 Å². The van der Waals surface area contributed by atoms with Crippen molar-refractivity contribution in [3.05, 3.63) is 51.9 Å². The number of pyridine rings is 1. The summed E-state index contributed by atoms with van der Waals surface area (Å²) in [6.07, 6.45) is 1.78. The lowest BCUT2D eigenvalue weighted by molar-refractivity contribution is 0.635. The van der Waals surface area contributed by atoms with E-state index >= 15 is 0 Å². The van der Waals surface area contributed by atoms with Crippen LogP contribution in [0.3, 0.4) is 0 Å². The maximum atomic E-state index is 12.4. The molecule has 102 valence electrons. The molecule has 0 aliphatic heterocycles. The SMILES string of the molecule is CCn1c(SCc2ccccn2)nc2ccsc2c1=O. The van der Waals surface area contributed by atoms with Crippen LogP contribution in [0.15, 0.2) is 45.8 Å². The minimum absolute atomic E-state index is 0.0519. The largest absolute Gasteiger partial charge is 0.287 e. The highest BCUT2D eigenvalue weighted by molar-refractivity contribution is 7.98. The van der Waals surface area contributed by atoms with E-state index < -0.39 is 0 Å². The Morgan fingerprint density at radius 3 is 3.00 bits per heavy atom. The standard InChI is InChI=1S/C14H13N3OS2/c1-2-17-13(18)12-11(6-8-19-12)16-14(17)20-9-10-5-3-4-7-15-10/h3-8H,2,9H2,1H3. The van der Waals surface area contributed by atoms with Gasteiger partial charge < -0.3 is 0 Å². The molecule has 0 N–H and O–H groups in total. The van der Waals surface area contributed by atoms with Gasteiger partial charge in [-0.3, -0.25) is 14.3 Å². The van der Waals surface area contributed by atoms with E-state index in [1.54, 1.807) is 22.5 Å². The Hall–Kier alpha value is -1.66. The van der Waals surface area contributed by atoms with E-state index in [-0.39, 0.29) is 5.56 Å². The van der Waals surface area contributed by atoms with E-state index in [2.05, 4.69) is 9.97 Å². The van der Waals surface area contributed by atoms with Gasteiger partial charge in [-0.05, 0) is 30.5 Å². The Kier molecular flexibility index (Phi) is 3.84. The van der Waals surface area contributed by atoms with E-state index in [1.165, 1.54) is 11.3 Å².